The van der Waals surface area contributed by atoms with E-state index in [1.165, 1.54) is 18.2 Å². The van der Waals surface area contributed by atoms with Crippen LogP contribution < -0.4 is 10.1 Å². The fraction of sp³-hybridized carbons (Fsp3) is 0.188. The highest BCUT2D eigenvalue weighted by Gasteiger charge is 2.32. The molecule has 11 heteroatoms. The van der Waals surface area contributed by atoms with E-state index in [0.717, 1.165) is 30.3 Å². The molecule has 2 aromatic carbocycles. The van der Waals surface area contributed by atoms with E-state index < -0.39 is 38.5 Å². The van der Waals surface area contributed by atoms with Gasteiger partial charge >= 0.3 is 12.1 Å². The molecule has 0 atom stereocenters. The Labute approximate surface area is 150 Å². The highest BCUT2D eigenvalue weighted by Crippen LogP contribution is 2.26. The average molecular weight is 409 g/mol. The first kappa shape index (κ1) is 20.6. The summed E-state index contributed by atoms with van der Waals surface area (Å²) in [6, 6.07) is 8.90. The Bertz CT molecular complexity index is 911. The third-order valence-electron chi connectivity index (χ3n) is 3.32. The third-order valence-corrected chi connectivity index (χ3v) is 4.72. The van der Waals surface area contributed by atoms with Crippen LogP contribution in [0.4, 0.5) is 22.0 Å². The molecule has 2 aromatic rings. The van der Waals surface area contributed by atoms with Crippen LogP contribution in [-0.2, 0) is 16.4 Å². The van der Waals surface area contributed by atoms with Crippen molar-refractivity contribution in [1.29, 1.82) is 0 Å². The van der Waals surface area contributed by atoms with E-state index >= 15 is 0 Å². The van der Waals surface area contributed by atoms with Gasteiger partial charge in [-0.25, -0.2) is 8.42 Å². The molecular formula is C16H12F5NO4S. The molecule has 1 N–H and O–H groups in total. The van der Waals surface area contributed by atoms with Gasteiger partial charge in [-0.1, -0.05) is 18.2 Å². The first-order valence-electron chi connectivity index (χ1n) is 7.24. The van der Waals surface area contributed by atoms with Crippen molar-refractivity contribution < 1.29 is 39.9 Å². The van der Waals surface area contributed by atoms with Crippen LogP contribution in [-0.4, -0.2) is 26.4 Å². The smallest absolute Gasteiger partial charge is 0.405 e. The first-order chi connectivity index (χ1) is 12.5. The van der Waals surface area contributed by atoms with Crippen molar-refractivity contribution >= 4 is 15.7 Å². The number of carbonyl (C=O) groups is 1. The quantitative estimate of drug-likeness (QED) is 0.742. The minimum absolute atomic E-state index is 0.0556. The normalized spacial score (nSPS) is 12.1. The molecule has 5 nitrogen and oxygen atoms in total. The average Bonchev–Trinajstić information content (AvgIpc) is 2.59. The number of benzene rings is 2. The van der Waals surface area contributed by atoms with Crippen LogP contribution >= 0.6 is 0 Å². The number of halogens is 5. The van der Waals surface area contributed by atoms with Gasteiger partial charge in [-0.05, 0) is 30.3 Å². The maximum atomic E-state index is 12.5. The highest BCUT2D eigenvalue weighted by molar-refractivity contribution is 7.91. The summed E-state index contributed by atoms with van der Waals surface area (Å²) < 4.78 is 88.5. The molecule has 0 saturated heterocycles. The second-order valence-electron chi connectivity index (χ2n) is 5.17. The zero-order valence-electron chi connectivity index (χ0n) is 13.3. The number of amides is 1. The van der Waals surface area contributed by atoms with Crippen molar-refractivity contribution in [2.45, 2.75) is 23.6 Å². The van der Waals surface area contributed by atoms with Crippen molar-refractivity contribution in [1.82, 2.24) is 5.32 Å². The van der Waals surface area contributed by atoms with E-state index in [0.29, 0.717) is 0 Å². The summed E-state index contributed by atoms with van der Waals surface area (Å²) in [5.74, 6) is -4.82. The lowest BCUT2D eigenvalue weighted by Gasteiger charge is -2.13. The fourth-order valence-electron chi connectivity index (χ4n) is 2.05. The molecule has 27 heavy (non-hydrogen) atoms. The van der Waals surface area contributed by atoms with Crippen LogP contribution in [0.25, 0.3) is 0 Å². The Morgan fingerprint density at radius 3 is 2.19 bits per heavy atom. The van der Waals surface area contributed by atoms with E-state index in [2.05, 4.69) is 10.1 Å². The van der Waals surface area contributed by atoms with Gasteiger partial charge in [-0.15, -0.1) is 13.2 Å². The number of ether oxygens (including phenoxy) is 1. The molecule has 0 spiro atoms. The Balaban J connectivity index is 2.09. The first-order valence-corrected chi connectivity index (χ1v) is 8.79. The van der Waals surface area contributed by atoms with Crippen molar-refractivity contribution in [3.8, 4) is 5.75 Å². The van der Waals surface area contributed by atoms with Crippen LogP contribution in [0, 0.1) is 0 Å². The lowest BCUT2D eigenvalue weighted by Crippen LogP contribution is -2.24. The van der Waals surface area contributed by atoms with E-state index in [4.69, 9.17) is 0 Å². The van der Waals surface area contributed by atoms with Crippen molar-refractivity contribution in [3.63, 3.8) is 0 Å². The maximum Gasteiger partial charge on any atom is 0.573 e. The number of hydrogen-bond donors (Lipinski definition) is 1. The molecule has 0 saturated carbocycles. The second-order valence-corrected chi connectivity index (χ2v) is 7.09. The minimum atomic E-state index is -4.90. The zero-order valence-corrected chi connectivity index (χ0v) is 14.2. The number of carbonyl (C=O) groups excluding carboxylic acids is 1. The Morgan fingerprint density at radius 1 is 1.04 bits per heavy atom. The predicted octanol–water partition coefficient (Wildman–Crippen LogP) is 3.51. The van der Waals surface area contributed by atoms with Gasteiger partial charge in [0.05, 0.1) is 4.90 Å². The molecule has 0 bridgehead atoms. The van der Waals surface area contributed by atoms with Gasteiger partial charge in [-0.3, -0.25) is 4.79 Å². The monoisotopic (exact) mass is 409 g/mol. The topological polar surface area (TPSA) is 72.5 Å². The van der Waals surface area contributed by atoms with E-state index in [9.17, 15) is 35.2 Å². The van der Waals surface area contributed by atoms with Crippen LogP contribution in [0.3, 0.4) is 0 Å². The molecule has 0 aliphatic carbocycles. The van der Waals surface area contributed by atoms with Gasteiger partial charge in [0.1, 0.15) is 5.75 Å². The number of alkyl halides is 5. The molecule has 0 fully saturated rings. The van der Waals surface area contributed by atoms with Gasteiger partial charge in [0, 0.05) is 17.7 Å². The summed E-state index contributed by atoms with van der Waals surface area (Å²) in [6.45, 7) is -0.303. The van der Waals surface area contributed by atoms with Gasteiger partial charge < -0.3 is 10.1 Å². The molecule has 0 heterocycles. The van der Waals surface area contributed by atoms with Gasteiger partial charge in [0.25, 0.3) is 5.91 Å². The van der Waals surface area contributed by atoms with E-state index in [1.807, 2.05) is 0 Å². The molecule has 1 amide bonds. The minimum Gasteiger partial charge on any atom is -0.405 e. The lowest BCUT2D eigenvalue weighted by atomic mass is 10.2. The number of para-hydroxylation sites is 1. The summed E-state index contributed by atoms with van der Waals surface area (Å²) in [4.78, 5) is 11.4. The van der Waals surface area contributed by atoms with Crippen LogP contribution in [0.5, 0.6) is 5.75 Å². The Kier molecular flexibility index (Phi) is 6.04. The number of nitrogens with one attached hydrogen (secondary N) is 1. The van der Waals surface area contributed by atoms with Crippen LogP contribution in [0.15, 0.2) is 53.4 Å². The van der Waals surface area contributed by atoms with Crippen molar-refractivity contribution in [3.05, 3.63) is 59.7 Å². The molecule has 0 aliphatic heterocycles. The highest BCUT2D eigenvalue weighted by atomic mass is 32.2. The largest absolute Gasteiger partial charge is 0.573 e. The standard InChI is InChI=1S/C16H12F5NO4S/c17-15(18)27(24,25)12-7-5-10(6-8-12)14(23)22-9-11-3-1-2-4-13(11)26-16(19,20)21/h1-8,15H,9H2,(H,22,23). The van der Waals surface area contributed by atoms with E-state index in [1.54, 1.807) is 0 Å². The molecular weight excluding hydrogens is 397 g/mol. The summed E-state index contributed by atoms with van der Waals surface area (Å²) in [5, 5.41) is 2.34. The number of sulfone groups is 1. The summed E-state index contributed by atoms with van der Waals surface area (Å²) in [5.41, 5.74) is -0.00231. The molecule has 0 unspecified atom stereocenters. The molecule has 0 aromatic heterocycles. The van der Waals surface area contributed by atoms with Gasteiger partial charge in [0.2, 0.25) is 9.84 Å². The van der Waals surface area contributed by atoms with Crippen molar-refractivity contribution in [2.24, 2.45) is 0 Å². The third kappa shape index (κ3) is 5.39. The fourth-order valence-corrected chi connectivity index (χ4v) is 2.77. The number of rotatable bonds is 6. The van der Waals surface area contributed by atoms with Gasteiger partial charge in [-0.2, -0.15) is 8.78 Å². The molecule has 0 aliphatic rings. The van der Waals surface area contributed by atoms with Crippen LogP contribution in [0.2, 0.25) is 0 Å². The summed E-state index contributed by atoms with van der Waals surface area (Å²) >= 11 is 0. The SMILES string of the molecule is O=C(NCc1ccccc1OC(F)(F)F)c1ccc(S(=O)(=O)C(F)F)cc1. The van der Waals surface area contributed by atoms with E-state index in [-0.39, 0.29) is 17.7 Å². The number of hydrogen-bond acceptors (Lipinski definition) is 4. The van der Waals surface area contributed by atoms with Crippen molar-refractivity contribution in [2.75, 3.05) is 0 Å². The molecule has 2 rings (SSSR count). The zero-order chi connectivity index (χ0) is 20.2. The Morgan fingerprint density at radius 2 is 1.63 bits per heavy atom. The predicted molar refractivity (Wildman–Crippen MR) is 83.9 cm³/mol. The Hall–Kier alpha value is -2.69. The molecule has 0 radical (unpaired) electrons. The molecule has 146 valence electrons. The lowest BCUT2D eigenvalue weighted by molar-refractivity contribution is -0.274. The summed E-state index contributed by atoms with van der Waals surface area (Å²) in [6.07, 6.45) is -4.90. The second kappa shape index (κ2) is 7.91. The van der Waals surface area contributed by atoms with Crippen LogP contribution in [0.1, 0.15) is 15.9 Å². The van der Waals surface area contributed by atoms with Gasteiger partial charge in [0.15, 0.2) is 0 Å². The summed E-state index contributed by atoms with van der Waals surface area (Å²) in [7, 11) is -4.79. The maximum absolute atomic E-state index is 12.5.